The highest BCUT2D eigenvalue weighted by Gasteiger charge is 2.25. The number of hydrogen-bond donors (Lipinski definition) is 0. The number of benzene rings is 5. The molecular formula is C39H36Si. The summed E-state index contributed by atoms with van der Waals surface area (Å²) in [5, 5.41) is 3.21. The Morgan fingerprint density at radius 1 is 0.475 bits per heavy atom. The van der Waals surface area contributed by atoms with Gasteiger partial charge in [0, 0.05) is 0 Å². The summed E-state index contributed by atoms with van der Waals surface area (Å²) in [6, 6.07) is 46.6. The van der Waals surface area contributed by atoms with Crippen LogP contribution < -0.4 is 5.19 Å². The molecule has 1 atom stereocenters. The van der Waals surface area contributed by atoms with Gasteiger partial charge in [-0.15, -0.1) is 0 Å². The maximum atomic E-state index is 2.40. The summed E-state index contributed by atoms with van der Waals surface area (Å²) < 4.78 is 0. The van der Waals surface area contributed by atoms with Crippen LogP contribution in [0.15, 0.2) is 149 Å². The Kier molecular flexibility index (Phi) is 7.24. The molecule has 0 heterocycles. The summed E-state index contributed by atoms with van der Waals surface area (Å²) in [6.45, 7) is 9.37. The third-order valence-electron chi connectivity index (χ3n) is 8.88. The van der Waals surface area contributed by atoms with Crippen LogP contribution in [-0.4, -0.2) is 9.52 Å². The van der Waals surface area contributed by atoms with E-state index in [0.29, 0.717) is 5.92 Å². The molecule has 1 aliphatic carbocycles. The highest BCUT2D eigenvalue weighted by molar-refractivity contribution is 6.63. The molecule has 0 fully saturated rings. The Morgan fingerprint density at radius 2 is 0.975 bits per heavy atom. The van der Waals surface area contributed by atoms with E-state index in [-0.39, 0.29) is 0 Å². The minimum Gasteiger partial charge on any atom is -0.0727 e. The van der Waals surface area contributed by atoms with E-state index in [1.807, 2.05) is 0 Å². The Hall–Kier alpha value is -4.20. The van der Waals surface area contributed by atoms with Gasteiger partial charge in [0.2, 0.25) is 0 Å². The Morgan fingerprint density at radius 3 is 1.55 bits per heavy atom. The summed E-state index contributed by atoms with van der Waals surface area (Å²) >= 11 is 0. The van der Waals surface area contributed by atoms with Crippen LogP contribution in [-0.2, 0) is 0 Å². The standard InChI is InChI=1S/C39H36Si/c1-26-27(2)29(4)39(28(26)3)40-37-23-13-22-36(34-20-11-18-32(24-34)30-14-7-5-8-15-30)38(37)35-21-12-19-33(25-35)31-16-9-6-10-17-31/h5-25,28H,40H2,1-4H3. The maximum Gasteiger partial charge on any atom is 0.0843 e. The van der Waals surface area contributed by atoms with E-state index in [2.05, 4.69) is 155 Å². The molecule has 0 saturated carbocycles. The quantitative estimate of drug-likeness (QED) is 0.191. The van der Waals surface area contributed by atoms with Crippen molar-refractivity contribution >= 4 is 14.7 Å². The van der Waals surface area contributed by atoms with Gasteiger partial charge in [-0.3, -0.25) is 0 Å². The van der Waals surface area contributed by atoms with Crippen LogP contribution in [0.4, 0.5) is 0 Å². The molecule has 5 aromatic carbocycles. The normalized spacial score (nSPS) is 15.4. The molecule has 196 valence electrons. The van der Waals surface area contributed by atoms with Gasteiger partial charge in [0.05, 0.1) is 9.52 Å². The van der Waals surface area contributed by atoms with Crippen molar-refractivity contribution in [2.75, 3.05) is 0 Å². The van der Waals surface area contributed by atoms with Crippen LogP contribution >= 0.6 is 0 Å². The van der Waals surface area contributed by atoms with Crippen molar-refractivity contribution in [3.05, 3.63) is 149 Å². The van der Waals surface area contributed by atoms with Gasteiger partial charge in [-0.2, -0.15) is 0 Å². The smallest absolute Gasteiger partial charge is 0.0727 e. The van der Waals surface area contributed by atoms with Gasteiger partial charge in [0.25, 0.3) is 0 Å². The van der Waals surface area contributed by atoms with Crippen molar-refractivity contribution in [3.63, 3.8) is 0 Å². The molecule has 1 aliphatic rings. The molecule has 0 N–H and O–H groups in total. The van der Waals surface area contributed by atoms with Gasteiger partial charge in [-0.05, 0) is 88.9 Å². The minimum absolute atomic E-state index is 0.542. The fourth-order valence-corrected chi connectivity index (χ4v) is 8.63. The fraction of sp³-hybridized carbons (Fsp3) is 0.128. The second-order valence-electron chi connectivity index (χ2n) is 11.1. The van der Waals surface area contributed by atoms with Crippen molar-refractivity contribution in [3.8, 4) is 44.5 Å². The zero-order valence-corrected chi connectivity index (χ0v) is 25.3. The predicted molar refractivity (Wildman–Crippen MR) is 177 cm³/mol. The van der Waals surface area contributed by atoms with Gasteiger partial charge >= 0.3 is 0 Å². The van der Waals surface area contributed by atoms with Crippen LogP contribution in [0.1, 0.15) is 27.7 Å². The molecule has 0 amide bonds. The number of allylic oxidation sites excluding steroid dienone is 4. The van der Waals surface area contributed by atoms with Crippen molar-refractivity contribution in [2.45, 2.75) is 27.7 Å². The van der Waals surface area contributed by atoms with E-state index in [1.165, 1.54) is 60.8 Å². The summed E-state index contributed by atoms with van der Waals surface area (Å²) in [5.41, 5.74) is 14.9. The molecule has 0 bridgehead atoms. The average Bonchev–Trinajstić information content (AvgIpc) is 3.20. The molecule has 0 saturated heterocycles. The number of rotatable bonds is 6. The first-order valence-corrected chi connectivity index (χ1v) is 15.7. The van der Waals surface area contributed by atoms with Crippen molar-refractivity contribution in [1.29, 1.82) is 0 Å². The van der Waals surface area contributed by atoms with E-state index in [0.717, 1.165) is 0 Å². The van der Waals surface area contributed by atoms with Gasteiger partial charge in [-0.1, -0.05) is 144 Å². The van der Waals surface area contributed by atoms with E-state index in [9.17, 15) is 0 Å². The van der Waals surface area contributed by atoms with Crippen molar-refractivity contribution in [1.82, 2.24) is 0 Å². The Bertz CT molecular complexity index is 1740. The second-order valence-corrected chi connectivity index (χ2v) is 13.0. The molecule has 0 radical (unpaired) electrons. The molecule has 1 heteroatoms. The first-order valence-electron chi connectivity index (χ1n) is 14.3. The molecule has 40 heavy (non-hydrogen) atoms. The maximum absolute atomic E-state index is 2.40. The van der Waals surface area contributed by atoms with E-state index >= 15 is 0 Å². The van der Waals surface area contributed by atoms with Crippen LogP contribution in [0.2, 0.25) is 0 Å². The topological polar surface area (TPSA) is 0 Å². The molecule has 0 aromatic heterocycles. The molecule has 0 spiro atoms. The second kappa shape index (κ2) is 11.1. The highest BCUT2D eigenvalue weighted by atomic mass is 28.2. The minimum atomic E-state index is -0.690. The molecule has 1 unspecified atom stereocenters. The lowest BCUT2D eigenvalue weighted by Crippen LogP contribution is -2.23. The lowest BCUT2D eigenvalue weighted by molar-refractivity contribution is 0.856. The third kappa shape index (κ3) is 4.94. The largest absolute Gasteiger partial charge is 0.0843 e. The predicted octanol–water partition coefficient (Wildman–Crippen LogP) is 9.41. The molecule has 6 rings (SSSR count). The molecule has 0 aliphatic heterocycles. The van der Waals surface area contributed by atoms with Crippen LogP contribution in [0, 0.1) is 5.92 Å². The van der Waals surface area contributed by atoms with Crippen molar-refractivity contribution in [2.24, 2.45) is 5.92 Å². The summed E-state index contributed by atoms with van der Waals surface area (Å²) in [6.07, 6.45) is 0. The SMILES string of the molecule is CC1=C(C)C(C)C([SiH2]c2cccc(-c3cccc(-c4ccccc4)c3)c2-c2cccc(-c3ccccc3)c2)=C1C. The van der Waals surface area contributed by atoms with Crippen LogP contribution in [0.25, 0.3) is 44.5 Å². The van der Waals surface area contributed by atoms with Gasteiger partial charge in [0.15, 0.2) is 0 Å². The van der Waals surface area contributed by atoms with Crippen LogP contribution in [0.5, 0.6) is 0 Å². The lowest BCUT2D eigenvalue weighted by atomic mass is 9.91. The Labute approximate surface area is 241 Å². The van der Waals surface area contributed by atoms with E-state index in [4.69, 9.17) is 0 Å². The highest BCUT2D eigenvalue weighted by Crippen LogP contribution is 2.38. The summed E-state index contributed by atoms with van der Waals surface area (Å²) in [7, 11) is -0.690. The van der Waals surface area contributed by atoms with Gasteiger partial charge < -0.3 is 0 Å². The zero-order chi connectivity index (χ0) is 27.6. The Balaban J connectivity index is 1.53. The average molecular weight is 533 g/mol. The third-order valence-corrected chi connectivity index (χ3v) is 11.4. The van der Waals surface area contributed by atoms with Gasteiger partial charge in [-0.25, -0.2) is 0 Å². The first kappa shape index (κ1) is 26.0. The monoisotopic (exact) mass is 532 g/mol. The fourth-order valence-electron chi connectivity index (χ4n) is 6.25. The molecular weight excluding hydrogens is 497 g/mol. The van der Waals surface area contributed by atoms with E-state index in [1.54, 1.807) is 10.8 Å². The molecule has 0 nitrogen and oxygen atoms in total. The van der Waals surface area contributed by atoms with Crippen molar-refractivity contribution < 1.29 is 0 Å². The molecule has 5 aromatic rings. The number of hydrogen-bond acceptors (Lipinski definition) is 0. The zero-order valence-electron chi connectivity index (χ0n) is 23.9. The van der Waals surface area contributed by atoms with E-state index < -0.39 is 9.52 Å². The van der Waals surface area contributed by atoms with Gasteiger partial charge in [0.1, 0.15) is 0 Å². The summed E-state index contributed by atoms with van der Waals surface area (Å²) in [4.78, 5) is 0. The first-order chi connectivity index (χ1) is 19.5. The van der Waals surface area contributed by atoms with Crippen LogP contribution in [0.3, 0.4) is 0 Å². The lowest BCUT2D eigenvalue weighted by Gasteiger charge is -2.20. The summed E-state index contributed by atoms with van der Waals surface area (Å²) in [5.74, 6) is 0.542.